The average Bonchev–Trinajstić information content (AvgIpc) is 2.85. The van der Waals surface area contributed by atoms with Crippen molar-refractivity contribution in [3.8, 4) is 0 Å². The first-order valence-corrected chi connectivity index (χ1v) is 5.10. The Morgan fingerprint density at radius 3 is 2.33 bits per heavy atom. The third kappa shape index (κ3) is 3.11. The summed E-state index contributed by atoms with van der Waals surface area (Å²) in [7, 11) is 0. The number of hydrogen-bond acceptors (Lipinski definition) is 1. The summed E-state index contributed by atoms with van der Waals surface area (Å²) in [5, 5.41) is 0. The standard InChI is InChI=1S/C12H12F2O/c13-10-3-9(4-11(14)7-10)6-12(15)5-8-1-2-8/h3-4,7-8H,1-2,5-6H2. The van der Waals surface area contributed by atoms with Crippen LogP contribution in [0.15, 0.2) is 18.2 Å². The molecule has 1 saturated carbocycles. The van der Waals surface area contributed by atoms with Crippen molar-refractivity contribution in [3.63, 3.8) is 0 Å². The Kier molecular flexibility index (Phi) is 2.80. The third-order valence-corrected chi connectivity index (χ3v) is 2.54. The highest BCUT2D eigenvalue weighted by atomic mass is 19.1. The summed E-state index contributed by atoms with van der Waals surface area (Å²) >= 11 is 0. The van der Waals surface area contributed by atoms with Crippen LogP contribution in [0.3, 0.4) is 0 Å². The third-order valence-electron chi connectivity index (χ3n) is 2.54. The second-order valence-electron chi connectivity index (χ2n) is 4.14. The van der Waals surface area contributed by atoms with Crippen LogP contribution in [-0.2, 0) is 11.2 Å². The van der Waals surface area contributed by atoms with Crippen molar-refractivity contribution in [2.45, 2.75) is 25.7 Å². The Labute approximate surface area is 87.1 Å². The van der Waals surface area contributed by atoms with E-state index in [0.29, 0.717) is 17.9 Å². The van der Waals surface area contributed by atoms with Crippen LogP contribution < -0.4 is 0 Å². The minimum Gasteiger partial charge on any atom is -0.299 e. The van der Waals surface area contributed by atoms with Gasteiger partial charge in [0.15, 0.2) is 0 Å². The Balaban J connectivity index is 1.99. The van der Waals surface area contributed by atoms with Crippen LogP contribution >= 0.6 is 0 Å². The van der Waals surface area contributed by atoms with Crippen LogP contribution in [0, 0.1) is 17.6 Å². The molecule has 0 heterocycles. The molecular weight excluding hydrogens is 198 g/mol. The largest absolute Gasteiger partial charge is 0.299 e. The summed E-state index contributed by atoms with van der Waals surface area (Å²) in [5.41, 5.74) is 0.429. The number of rotatable bonds is 4. The molecule has 0 amide bonds. The van der Waals surface area contributed by atoms with Gasteiger partial charge in [-0.25, -0.2) is 8.78 Å². The lowest BCUT2D eigenvalue weighted by atomic mass is 10.1. The molecule has 3 heteroatoms. The molecule has 0 radical (unpaired) electrons. The summed E-state index contributed by atoms with van der Waals surface area (Å²) in [6, 6.07) is 3.25. The van der Waals surface area contributed by atoms with Crippen LogP contribution in [0.2, 0.25) is 0 Å². The first kappa shape index (κ1) is 10.3. The summed E-state index contributed by atoms with van der Waals surface area (Å²) in [4.78, 5) is 11.4. The summed E-state index contributed by atoms with van der Waals surface area (Å²) in [6.45, 7) is 0. The fourth-order valence-corrected chi connectivity index (χ4v) is 1.66. The van der Waals surface area contributed by atoms with Gasteiger partial charge in [0.2, 0.25) is 0 Å². The van der Waals surface area contributed by atoms with Crippen molar-refractivity contribution >= 4 is 5.78 Å². The molecule has 0 saturated heterocycles. The van der Waals surface area contributed by atoms with Crippen LogP contribution in [0.5, 0.6) is 0 Å². The van der Waals surface area contributed by atoms with Gasteiger partial charge in [0.1, 0.15) is 17.4 Å². The zero-order valence-corrected chi connectivity index (χ0v) is 8.30. The normalized spacial score (nSPS) is 15.3. The van der Waals surface area contributed by atoms with E-state index in [-0.39, 0.29) is 12.2 Å². The van der Waals surface area contributed by atoms with Crippen molar-refractivity contribution in [3.05, 3.63) is 35.4 Å². The minimum atomic E-state index is -0.621. The van der Waals surface area contributed by atoms with Crippen molar-refractivity contribution in [1.82, 2.24) is 0 Å². The minimum absolute atomic E-state index is 0.0718. The smallest absolute Gasteiger partial charge is 0.137 e. The quantitative estimate of drug-likeness (QED) is 0.746. The maximum atomic E-state index is 12.8. The zero-order chi connectivity index (χ0) is 10.8. The summed E-state index contributed by atoms with van der Waals surface area (Å²) in [5.74, 6) is -0.646. The second-order valence-corrected chi connectivity index (χ2v) is 4.14. The predicted molar refractivity (Wildman–Crippen MR) is 52.4 cm³/mol. The van der Waals surface area contributed by atoms with Gasteiger partial charge in [-0.05, 0) is 36.5 Å². The van der Waals surface area contributed by atoms with Gasteiger partial charge in [0.25, 0.3) is 0 Å². The molecule has 0 N–H and O–H groups in total. The molecule has 1 aromatic carbocycles. The Morgan fingerprint density at radius 1 is 1.20 bits per heavy atom. The number of Topliss-reactive ketones (excluding diaryl/α,β-unsaturated/α-hetero) is 1. The molecule has 1 aliphatic carbocycles. The molecule has 0 bridgehead atoms. The molecule has 1 aromatic rings. The number of carbonyl (C=O) groups is 1. The van der Waals surface area contributed by atoms with Gasteiger partial charge >= 0.3 is 0 Å². The molecular formula is C12H12F2O. The molecule has 0 aromatic heterocycles. The highest BCUT2D eigenvalue weighted by molar-refractivity contribution is 5.81. The second kappa shape index (κ2) is 4.09. The van der Waals surface area contributed by atoms with Crippen LogP contribution in [0.25, 0.3) is 0 Å². The SMILES string of the molecule is O=C(Cc1cc(F)cc(F)c1)CC1CC1. The molecule has 0 spiro atoms. The van der Waals surface area contributed by atoms with E-state index in [2.05, 4.69) is 0 Å². The van der Waals surface area contributed by atoms with Crippen LogP contribution in [0.1, 0.15) is 24.8 Å². The Morgan fingerprint density at radius 2 is 1.80 bits per heavy atom. The van der Waals surface area contributed by atoms with E-state index in [1.54, 1.807) is 0 Å². The van der Waals surface area contributed by atoms with Crippen LogP contribution in [-0.4, -0.2) is 5.78 Å². The van der Waals surface area contributed by atoms with Gasteiger partial charge in [-0.1, -0.05) is 0 Å². The van der Waals surface area contributed by atoms with Crippen molar-refractivity contribution in [1.29, 1.82) is 0 Å². The maximum absolute atomic E-state index is 12.8. The highest BCUT2D eigenvalue weighted by Gasteiger charge is 2.24. The molecule has 2 rings (SSSR count). The van der Waals surface area contributed by atoms with E-state index in [4.69, 9.17) is 0 Å². The zero-order valence-electron chi connectivity index (χ0n) is 8.30. The van der Waals surface area contributed by atoms with Gasteiger partial charge in [-0.15, -0.1) is 0 Å². The molecule has 1 aliphatic rings. The lowest BCUT2D eigenvalue weighted by molar-refractivity contribution is -0.118. The number of carbonyl (C=O) groups excluding carboxylic acids is 1. The van der Waals surface area contributed by atoms with Crippen molar-refractivity contribution < 1.29 is 13.6 Å². The number of benzene rings is 1. The Hall–Kier alpha value is -1.25. The monoisotopic (exact) mass is 210 g/mol. The van der Waals surface area contributed by atoms with E-state index in [9.17, 15) is 13.6 Å². The highest BCUT2D eigenvalue weighted by Crippen LogP contribution is 2.32. The van der Waals surface area contributed by atoms with Crippen molar-refractivity contribution in [2.75, 3.05) is 0 Å². The van der Waals surface area contributed by atoms with Crippen molar-refractivity contribution in [2.24, 2.45) is 5.92 Å². The van der Waals surface area contributed by atoms with E-state index >= 15 is 0 Å². The molecule has 0 unspecified atom stereocenters. The molecule has 15 heavy (non-hydrogen) atoms. The molecule has 0 atom stereocenters. The molecule has 80 valence electrons. The van der Waals surface area contributed by atoms with E-state index in [1.165, 1.54) is 12.1 Å². The molecule has 1 fully saturated rings. The maximum Gasteiger partial charge on any atom is 0.137 e. The average molecular weight is 210 g/mol. The van der Waals surface area contributed by atoms with Gasteiger partial charge in [-0.3, -0.25) is 4.79 Å². The lowest BCUT2D eigenvalue weighted by Crippen LogP contribution is -2.04. The van der Waals surface area contributed by atoms with E-state index in [1.807, 2.05) is 0 Å². The molecule has 0 aliphatic heterocycles. The van der Waals surface area contributed by atoms with E-state index in [0.717, 1.165) is 18.9 Å². The summed E-state index contributed by atoms with van der Waals surface area (Å²) < 4.78 is 25.6. The van der Waals surface area contributed by atoms with E-state index < -0.39 is 11.6 Å². The van der Waals surface area contributed by atoms with Gasteiger partial charge in [0.05, 0.1) is 0 Å². The van der Waals surface area contributed by atoms with Gasteiger partial charge < -0.3 is 0 Å². The first-order chi connectivity index (χ1) is 7.13. The van der Waals surface area contributed by atoms with Crippen LogP contribution in [0.4, 0.5) is 8.78 Å². The fourth-order valence-electron chi connectivity index (χ4n) is 1.66. The Bertz CT molecular complexity index is 363. The first-order valence-electron chi connectivity index (χ1n) is 5.10. The predicted octanol–water partition coefficient (Wildman–Crippen LogP) is 2.88. The number of ketones is 1. The number of hydrogen-bond donors (Lipinski definition) is 0. The fraction of sp³-hybridized carbons (Fsp3) is 0.417. The number of halogens is 2. The topological polar surface area (TPSA) is 17.1 Å². The summed E-state index contributed by atoms with van der Waals surface area (Å²) in [6.07, 6.45) is 2.93. The lowest BCUT2D eigenvalue weighted by Gasteiger charge is -2.01. The van der Waals surface area contributed by atoms with Gasteiger partial charge in [-0.2, -0.15) is 0 Å². The molecule has 1 nitrogen and oxygen atoms in total. The van der Waals surface area contributed by atoms with Gasteiger partial charge in [0, 0.05) is 18.9 Å².